The molecule has 94 valence electrons. The number of hydrogen-bond acceptors (Lipinski definition) is 3. The van der Waals surface area contributed by atoms with Crippen LogP contribution in [-0.2, 0) is 16.0 Å². The lowest BCUT2D eigenvalue weighted by Crippen LogP contribution is -2.45. The quantitative estimate of drug-likeness (QED) is 0.748. The van der Waals surface area contributed by atoms with Gasteiger partial charge in [0.2, 0.25) is 0 Å². The third-order valence-electron chi connectivity index (χ3n) is 2.26. The van der Waals surface area contributed by atoms with E-state index in [1.54, 1.807) is 13.8 Å². The third-order valence-corrected chi connectivity index (χ3v) is 3.98. The molecule has 5 nitrogen and oxygen atoms in total. The van der Waals surface area contributed by atoms with E-state index in [1.165, 1.54) is 18.7 Å². The number of carboxylic acid groups (broad SMARTS) is 1. The average molecular weight is 249 g/mol. The van der Waals surface area contributed by atoms with Gasteiger partial charge in [-0.2, -0.15) is 0 Å². The van der Waals surface area contributed by atoms with Crippen LogP contribution in [0.15, 0.2) is 0 Å². The number of nitrogens with zero attached hydrogens (tertiary/aromatic N) is 1. The fourth-order valence-electron chi connectivity index (χ4n) is 1.27. The maximum Gasteiger partial charge on any atom is 0.430 e. The van der Waals surface area contributed by atoms with Crippen LogP contribution in [0.3, 0.4) is 0 Å². The van der Waals surface area contributed by atoms with Crippen LogP contribution in [0, 0.1) is 0 Å². The van der Waals surface area contributed by atoms with E-state index in [9.17, 15) is 14.1 Å². The minimum absolute atomic E-state index is 0.285. The van der Waals surface area contributed by atoms with Crippen molar-refractivity contribution >= 4 is 22.4 Å². The molecular formula is C10H19NO4S. The van der Waals surface area contributed by atoms with E-state index >= 15 is 0 Å². The van der Waals surface area contributed by atoms with Crippen molar-refractivity contribution in [2.75, 3.05) is 13.1 Å². The Hall–Kier alpha value is -0.750. The van der Waals surface area contributed by atoms with Gasteiger partial charge in [-0.05, 0) is 27.7 Å². The Morgan fingerprint density at radius 3 is 2.06 bits per heavy atom. The zero-order chi connectivity index (χ0) is 12.9. The molecule has 0 bridgehead atoms. The second-order valence-corrected chi connectivity index (χ2v) is 6.03. The van der Waals surface area contributed by atoms with E-state index in [0.29, 0.717) is 13.1 Å². The Morgan fingerprint density at radius 1 is 1.31 bits per heavy atom. The Kier molecular flexibility index (Phi) is 5.81. The molecule has 0 aromatic carbocycles. The highest BCUT2D eigenvalue weighted by atomic mass is 32.2. The molecular weight excluding hydrogens is 230 g/mol. The molecule has 1 unspecified atom stereocenters. The molecule has 0 rings (SSSR count). The Labute approximate surface area is 99.0 Å². The van der Waals surface area contributed by atoms with Crippen LogP contribution in [0.25, 0.3) is 0 Å². The van der Waals surface area contributed by atoms with Crippen molar-refractivity contribution in [2.24, 2.45) is 0 Å². The topological polar surface area (TPSA) is 80.7 Å². The van der Waals surface area contributed by atoms with Gasteiger partial charge in [0.25, 0.3) is 0 Å². The maximum absolute atomic E-state index is 11.9. The van der Waals surface area contributed by atoms with Crippen molar-refractivity contribution in [3.63, 3.8) is 0 Å². The lowest BCUT2D eigenvalue weighted by Gasteiger charge is -2.28. The Bertz CT molecular complexity index is 264. The Balaban J connectivity index is 4.70. The van der Waals surface area contributed by atoms with Crippen molar-refractivity contribution in [3.8, 4) is 0 Å². The molecule has 0 aromatic rings. The van der Waals surface area contributed by atoms with E-state index in [1.807, 2.05) is 0 Å². The average Bonchev–Trinajstić information content (AvgIpc) is 2.16. The highest BCUT2D eigenvalue weighted by Crippen LogP contribution is 2.24. The van der Waals surface area contributed by atoms with Crippen LogP contribution >= 0.6 is 0 Å². The number of carbonyl (C=O) groups is 2. The molecule has 0 aliphatic rings. The van der Waals surface area contributed by atoms with E-state index < -0.39 is 27.1 Å². The number of hydrogen-bond donors (Lipinski definition) is 1. The summed E-state index contributed by atoms with van der Waals surface area (Å²) >= 11 is -1.82. The molecule has 0 heterocycles. The van der Waals surface area contributed by atoms with Gasteiger partial charge >= 0.3 is 11.2 Å². The Morgan fingerprint density at radius 2 is 1.75 bits per heavy atom. The van der Waals surface area contributed by atoms with Crippen LogP contribution in [0.2, 0.25) is 0 Å². The lowest BCUT2D eigenvalue weighted by molar-refractivity contribution is -0.137. The zero-order valence-corrected chi connectivity index (χ0v) is 11.0. The van der Waals surface area contributed by atoms with Gasteiger partial charge in [0.15, 0.2) is 0 Å². The third kappa shape index (κ3) is 4.02. The lowest BCUT2D eigenvalue weighted by atomic mass is 10.1. The van der Waals surface area contributed by atoms with Crippen molar-refractivity contribution in [3.05, 3.63) is 0 Å². The summed E-state index contributed by atoms with van der Waals surface area (Å²) in [6, 6.07) is 0. The molecule has 0 aliphatic carbocycles. The largest absolute Gasteiger partial charge is 0.607 e. The first-order valence-corrected chi connectivity index (χ1v) is 6.33. The molecule has 0 fully saturated rings. The molecule has 0 aromatic heterocycles. The predicted molar refractivity (Wildman–Crippen MR) is 62.8 cm³/mol. The van der Waals surface area contributed by atoms with E-state index in [0.717, 1.165) is 0 Å². The first kappa shape index (κ1) is 15.2. The van der Waals surface area contributed by atoms with Crippen molar-refractivity contribution in [1.82, 2.24) is 4.90 Å². The summed E-state index contributed by atoms with van der Waals surface area (Å²) < 4.78 is 10.9. The molecule has 1 amide bonds. The fourth-order valence-corrected chi connectivity index (χ4v) is 2.49. The molecule has 1 atom stereocenters. The van der Waals surface area contributed by atoms with Gasteiger partial charge in [0.1, 0.15) is 4.75 Å². The highest BCUT2D eigenvalue weighted by molar-refractivity contribution is 8.07. The van der Waals surface area contributed by atoms with Gasteiger partial charge in [0, 0.05) is 13.1 Å². The first-order valence-electron chi connectivity index (χ1n) is 5.18. The van der Waals surface area contributed by atoms with E-state index in [4.69, 9.17) is 5.11 Å². The second-order valence-electron chi connectivity index (χ2n) is 4.04. The molecule has 0 saturated carbocycles. The normalized spacial score (nSPS) is 13.3. The molecule has 16 heavy (non-hydrogen) atoms. The summed E-state index contributed by atoms with van der Waals surface area (Å²) in [5.74, 6) is -1.05. The fraction of sp³-hybridized carbons (Fsp3) is 0.800. The minimum atomic E-state index is -1.82. The SMILES string of the molecule is CCN(CC)C(=O)[S+]([O-])C(C)(C)CC(=O)O. The van der Waals surface area contributed by atoms with Gasteiger partial charge in [-0.15, -0.1) is 0 Å². The van der Waals surface area contributed by atoms with Gasteiger partial charge in [-0.3, -0.25) is 9.69 Å². The van der Waals surface area contributed by atoms with E-state index in [2.05, 4.69) is 0 Å². The molecule has 1 N–H and O–H groups in total. The van der Waals surface area contributed by atoms with E-state index in [-0.39, 0.29) is 6.42 Å². The smallest absolute Gasteiger partial charge is 0.430 e. The predicted octanol–water partition coefficient (Wildman–Crippen LogP) is 1.45. The van der Waals surface area contributed by atoms with Gasteiger partial charge in [-0.25, -0.2) is 4.79 Å². The minimum Gasteiger partial charge on any atom is -0.607 e. The second kappa shape index (κ2) is 6.10. The standard InChI is InChI=1S/C10H19NO4S/c1-5-11(6-2)9(14)16(15)10(3,4)7-8(12)13/h5-7H2,1-4H3,(H,12,13). The van der Waals surface area contributed by atoms with Crippen LogP contribution < -0.4 is 0 Å². The maximum atomic E-state index is 11.9. The van der Waals surface area contributed by atoms with Gasteiger partial charge in [-0.1, -0.05) is 0 Å². The summed E-state index contributed by atoms with van der Waals surface area (Å²) in [6.45, 7) is 7.59. The highest BCUT2D eigenvalue weighted by Gasteiger charge is 2.41. The van der Waals surface area contributed by atoms with Crippen molar-refractivity contribution in [2.45, 2.75) is 38.9 Å². The number of carboxylic acids is 1. The zero-order valence-electron chi connectivity index (χ0n) is 10.1. The summed E-state index contributed by atoms with van der Waals surface area (Å²) in [5, 5.41) is 8.18. The van der Waals surface area contributed by atoms with Crippen molar-refractivity contribution in [1.29, 1.82) is 0 Å². The summed E-state index contributed by atoms with van der Waals surface area (Å²) in [4.78, 5) is 23.8. The summed E-state index contributed by atoms with van der Waals surface area (Å²) in [7, 11) is 0. The number of amides is 1. The molecule has 0 aliphatic heterocycles. The van der Waals surface area contributed by atoms with Crippen LogP contribution in [-0.4, -0.2) is 43.6 Å². The number of rotatable bonds is 5. The van der Waals surface area contributed by atoms with Gasteiger partial charge < -0.3 is 9.66 Å². The number of carbonyl (C=O) groups excluding carboxylic acids is 1. The molecule has 6 heteroatoms. The van der Waals surface area contributed by atoms with Gasteiger partial charge in [0.05, 0.1) is 17.6 Å². The first-order chi connectivity index (χ1) is 7.26. The molecule has 0 spiro atoms. The number of aliphatic carboxylic acids is 1. The van der Waals surface area contributed by atoms with Crippen molar-refractivity contribution < 1.29 is 19.2 Å². The van der Waals surface area contributed by atoms with Crippen LogP contribution in [0.5, 0.6) is 0 Å². The van der Waals surface area contributed by atoms with Crippen LogP contribution in [0.4, 0.5) is 4.79 Å². The summed E-state index contributed by atoms with van der Waals surface area (Å²) in [5.41, 5.74) is 0. The molecule has 0 radical (unpaired) electrons. The molecule has 0 saturated heterocycles. The monoisotopic (exact) mass is 249 g/mol. The van der Waals surface area contributed by atoms with Crippen LogP contribution in [0.1, 0.15) is 34.1 Å². The summed E-state index contributed by atoms with van der Waals surface area (Å²) in [6.07, 6.45) is -0.285.